The van der Waals surface area contributed by atoms with Crippen LogP contribution in [0.1, 0.15) is 5.56 Å². The van der Waals surface area contributed by atoms with Crippen molar-refractivity contribution in [2.45, 2.75) is 6.92 Å². The molecule has 1 N–H and O–H groups in total. The molecule has 0 spiro atoms. The highest BCUT2D eigenvalue weighted by Gasteiger charge is 2.09. The van der Waals surface area contributed by atoms with Gasteiger partial charge in [0.2, 0.25) is 0 Å². The maximum atomic E-state index is 4.41. The van der Waals surface area contributed by atoms with Gasteiger partial charge in [-0.05, 0) is 24.6 Å². The second kappa shape index (κ2) is 3.16. The van der Waals surface area contributed by atoms with Crippen LogP contribution in [0.15, 0.2) is 24.5 Å². The first kappa shape index (κ1) is 9.08. The summed E-state index contributed by atoms with van der Waals surface area (Å²) in [5.41, 5.74) is 3.68. The van der Waals surface area contributed by atoms with Crippen LogP contribution < -0.4 is 0 Å². The first-order valence-corrected chi connectivity index (χ1v) is 5.05. The number of nitrogens with one attached hydrogen (secondary N) is 1. The molecule has 3 aromatic rings. The van der Waals surface area contributed by atoms with Crippen molar-refractivity contribution in [2.24, 2.45) is 7.05 Å². The molecule has 0 saturated carbocycles. The van der Waals surface area contributed by atoms with Gasteiger partial charge in [-0.3, -0.25) is 4.68 Å². The summed E-state index contributed by atoms with van der Waals surface area (Å²) in [6, 6.07) is 3.88. The van der Waals surface area contributed by atoms with Gasteiger partial charge >= 0.3 is 0 Å². The van der Waals surface area contributed by atoms with E-state index in [1.54, 1.807) is 10.9 Å². The summed E-state index contributed by atoms with van der Waals surface area (Å²) in [6.45, 7) is 2.03. The number of aryl methyl sites for hydroxylation is 2. The van der Waals surface area contributed by atoms with E-state index < -0.39 is 0 Å². The Balaban J connectivity index is 2.22. The molecule has 0 aliphatic rings. The number of hydrogen-bond donors (Lipinski definition) is 1. The third kappa shape index (κ3) is 1.29. The molecule has 3 heterocycles. The molecule has 0 aliphatic heterocycles. The fourth-order valence-electron chi connectivity index (χ4n) is 1.70. The standard InChI is InChI=1S/C11H11N5/c1-7-3-5-12-11-9(7)13-10(14-11)8-4-6-16(2)15-8/h3-6H,1-2H3,(H,12,13,14). The molecule has 16 heavy (non-hydrogen) atoms. The number of rotatable bonds is 1. The number of aromatic nitrogens is 5. The zero-order chi connectivity index (χ0) is 11.1. The van der Waals surface area contributed by atoms with E-state index in [4.69, 9.17) is 0 Å². The van der Waals surface area contributed by atoms with Crippen molar-refractivity contribution >= 4 is 11.2 Å². The summed E-state index contributed by atoms with van der Waals surface area (Å²) in [5, 5.41) is 4.30. The molecular formula is C11H11N5. The van der Waals surface area contributed by atoms with E-state index in [1.165, 1.54) is 0 Å². The average molecular weight is 213 g/mol. The Morgan fingerprint density at radius 3 is 2.88 bits per heavy atom. The minimum absolute atomic E-state index is 0.737. The Labute approximate surface area is 92.2 Å². The molecule has 0 unspecified atom stereocenters. The molecule has 0 bridgehead atoms. The highest BCUT2D eigenvalue weighted by Crippen LogP contribution is 2.19. The summed E-state index contributed by atoms with van der Waals surface area (Å²) in [6.07, 6.45) is 3.66. The predicted molar refractivity (Wildman–Crippen MR) is 60.8 cm³/mol. The topological polar surface area (TPSA) is 59.4 Å². The van der Waals surface area contributed by atoms with E-state index in [0.717, 1.165) is 28.2 Å². The van der Waals surface area contributed by atoms with E-state index in [0.29, 0.717) is 0 Å². The number of H-pyrrole nitrogens is 1. The van der Waals surface area contributed by atoms with E-state index in [-0.39, 0.29) is 0 Å². The Morgan fingerprint density at radius 1 is 1.31 bits per heavy atom. The zero-order valence-electron chi connectivity index (χ0n) is 9.10. The van der Waals surface area contributed by atoms with Crippen LogP contribution in [0.4, 0.5) is 0 Å². The fourth-order valence-corrected chi connectivity index (χ4v) is 1.70. The fraction of sp³-hybridized carbons (Fsp3) is 0.182. The van der Waals surface area contributed by atoms with Crippen LogP contribution >= 0.6 is 0 Å². The SMILES string of the molecule is Cc1ccnc2nc(-c3ccn(C)n3)[nH]c12. The molecule has 0 fully saturated rings. The van der Waals surface area contributed by atoms with Crippen LogP contribution in [0.25, 0.3) is 22.7 Å². The molecule has 3 rings (SSSR count). The van der Waals surface area contributed by atoms with Gasteiger partial charge in [-0.15, -0.1) is 0 Å². The molecule has 5 heteroatoms. The molecule has 80 valence electrons. The Morgan fingerprint density at radius 2 is 2.19 bits per heavy atom. The number of nitrogens with zero attached hydrogens (tertiary/aromatic N) is 4. The number of fused-ring (bicyclic) bond motifs is 1. The molecule has 0 atom stereocenters. The van der Waals surface area contributed by atoms with Gasteiger partial charge < -0.3 is 4.98 Å². The van der Waals surface area contributed by atoms with Gasteiger partial charge in [0.05, 0.1) is 5.52 Å². The lowest BCUT2D eigenvalue weighted by Crippen LogP contribution is -1.88. The van der Waals surface area contributed by atoms with Crippen LogP contribution in [0.5, 0.6) is 0 Å². The van der Waals surface area contributed by atoms with Gasteiger partial charge in [0, 0.05) is 19.4 Å². The van der Waals surface area contributed by atoms with Crippen LogP contribution in [0.2, 0.25) is 0 Å². The second-order valence-corrected chi connectivity index (χ2v) is 3.79. The molecule has 0 aliphatic carbocycles. The maximum Gasteiger partial charge on any atom is 0.178 e. The molecule has 3 aromatic heterocycles. The van der Waals surface area contributed by atoms with Gasteiger partial charge in [-0.2, -0.15) is 5.10 Å². The Bertz CT molecular complexity index is 649. The predicted octanol–water partition coefficient (Wildman–Crippen LogP) is 1.67. The summed E-state index contributed by atoms with van der Waals surface area (Å²) in [7, 11) is 1.88. The van der Waals surface area contributed by atoms with Gasteiger partial charge in [0.25, 0.3) is 0 Å². The lowest BCUT2D eigenvalue weighted by atomic mass is 10.3. The van der Waals surface area contributed by atoms with Gasteiger partial charge in [-0.1, -0.05) is 0 Å². The Kier molecular flexibility index (Phi) is 1.80. The van der Waals surface area contributed by atoms with Crippen molar-refractivity contribution < 1.29 is 0 Å². The molecule has 0 radical (unpaired) electrons. The van der Waals surface area contributed by atoms with E-state index in [9.17, 15) is 0 Å². The molecule has 0 saturated heterocycles. The summed E-state index contributed by atoms with van der Waals surface area (Å²) < 4.78 is 1.75. The molecule has 0 amide bonds. The average Bonchev–Trinajstić information content (AvgIpc) is 2.84. The Hall–Kier alpha value is -2.17. The summed E-state index contributed by atoms with van der Waals surface area (Å²) >= 11 is 0. The van der Waals surface area contributed by atoms with Crippen molar-refractivity contribution in [3.05, 3.63) is 30.1 Å². The zero-order valence-corrected chi connectivity index (χ0v) is 9.10. The van der Waals surface area contributed by atoms with Crippen molar-refractivity contribution in [2.75, 3.05) is 0 Å². The van der Waals surface area contributed by atoms with Crippen molar-refractivity contribution in [1.29, 1.82) is 0 Å². The van der Waals surface area contributed by atoms with Crippen LogP contribution in [0.3, 0.4) is 0 Å². The second-order valence-electron chi connectivity index (χ2n) is 3.79. The highest BCUT2D eigenvalue weighted by molar-refractivity contribution is 5.77. The third-order valence-corrected chi connectivity index (χ3v) is 2.56. The smallest absolute Gasteiger partial charge is 0.178 e. The number of pyridine rings is 1. The lowest BCUT2D eigenvalue weighted by Gasteiger charge is -1.90. The maximum absolute atomic E-state index is 4.41. The van der Waals surface area contributed by atoms with E-state index >= 15 is 0 Å². The summed E-state index contributed by atoms with van der Waals surface area (Å²) in [4.78, 5) is 11.9. The lowest BCUT2D eigenvalue weighted by molar-refractivity contribution is 0.769. The van der Waals surface area contributed by atoms with Gasteiger partial charge in [0.15, 0.2) is 11.5 Å². The monoisotopic (exact) mass is 213 g/mol. The first-order valence-electron chi connectivity index (χ1n) is 5.05. The largest absolute Gasteiger partial charge is 0.335 e. The first-order chi connectivity index (χ1) is 7.74. The van der Waals surface area contributed by atoms with Crippen molar-refractivity contribution in [1.82, 2.24) is 24.7 Å². The minimum Gasteiger partial charge on any atom is -0.335 e. The minimum atomic E-state index is 0.737. The number of imidazole rings is 1. The summed E-state index contributed by atoms with van der Waals surface area (Å²) in [5.74, 6) is 0.761. The highest BCUT2D eigenvalue weighted by atomic mass is 15.3. The van der Waals surface area contributed by atoms with Gasteiger partial charge in [0.1, 0.15) is 5.69 Å². The normalized spacial score (nSPS) is 11.1. The quantitative estimate of drug-likeness (QED) is 0.668. The van der Waals surface area contributed by atoms with Gasteiger partial charge in [-0.25, -0.2) is 9.97 Å². The molecular weight excluding hydrogens is 202 g/mol. The van der Waals surface area contributed by atoms with Crippen LogP contribution in [-0.4, -0.2) is 24.7 Å². The molecule has 5 nitrogen and oxygen atoms in total. The van der Waals surface area contributed by atoms with E-state index in [1.807, 2.05) is 32.3 Å². The van der Waals surface area contributed by atoms with Crippen LogP contribution in [-0.2, 0) is 7.05 Å². The van der Waals surface area contributed by atoms with E-state index in [2.05, 4.69) is 20.1 Å². The molecule has 0 aromatic carbocycles. The van der Waals surface area contributed by atoms with Crippen LogP contribution in [0, 0.1) is 6.92 Å². The number of hydrogen-bond acceptors (Lipinski definition) is 3. The number of aromatic amines is 1. The third-order valence-electron chi connectivity index (χ3n) is 2.56. The van der Waals surface area contributed by atoms with Crippen molar-refractivity contribution in [3.8, 4) is 11.5 Å². The van der Waals surface area contributed by atoms with Crippen molar-refractivity contribution in [3.63, 3.8) is 0 Å².